The van der Waals surface area contributed by atoms with E-state index in [0.29, 0.717) is 17.2 Å². The van der Waals surface area contributed by atoms with Crippen molar-refractivity contribution in [2.24, 2.45) is 0 Å². The Labute approximate surface area is 112 Å². The molecule has 18 heavy (non-hydrogen) atoms. The van der Waals surface area contributed by atoms with Gasteiger partial charge in [-0.15, -0.1) is 0 Å². The van der Waals surface area contributed by atoms with Gasteiger partial charge >= 0.3 is 0 Å². The molecule has 0 fully saturated rings. The lowest BCUT2D eigenvalue weighted by Crippen LogP contribution is -2.32. The van der Waals surface area contributed by atoms with Crippen molar-refractivity contribution in [1.82, 2.24) is 19.5 Å². The molecule has 2 rings (SSSR count). The molecule has 5 nitrogen and oxygen atoms in total. The summed E-state index contributed by atoms with van der Waals surface area (Å²) in [7, 11) is -1.52. The number of halogens is 1. The molecule has 1 atom stereocenters. The van der Waals surface area contributed by atoms with E-state index in [1.165, 1.54) is 6.33 Å². The maximum atomic E-state index is 6.00. The molecular weight excluding hydrogens is 268 g/mol. The van der Waals surface area contributed by atoms with E-state index in [-0.39, 0.29) is 6.10 Å². The fourth-order valence-electron chi connectivity index (χ4n) is 1.90. The Kier molecular flexibility index (Phi) is 3.70. The van der Waals surface area contributed by atoms with Gasteiger partial charge in [0.1, 0.15) is 11.8 Å². The molecule has 0 aliphatic carbocycles. The van der Waals surface area contributed by atoms with Gasteiger partial charge in [0, 0.05) is 0 Å². The highest BCUT2D eigenvalue weighted by Crippen LogP contribution is 2.18. The van der Waals surface area contributed by atoms with E-state index in [1.807, 2.05) is 4.57 Å². The molecule has 0 saturated carbocycles. The smallest absolute Gasteiger partial charge is 0.184 e. The van der Waals surface area contributed by atoms with E-state index in [0.717, 1.165) is 5.65 Å². The minimum atomic E-state index is -1.52. The van der Waals surface area contributed by atoms with Crippen LogP contribution in [0, 0.1) is 0 Å². The first-order chi connectivity index (χ1) is 8.37. The lowest BCUT2D eigenvalue weighted by Gasteiger charge is -2.23. The maximum Gasteiger partial charge on any atom is 0.184 e. The third kappa shape index (κ3) is 3.07. The Morgan fingerprint density at radius 1 is 1.33 bits per heavy atom. The van der Waals surface area contributed by atoms with Gasteiger partial charge in [0.15, 0.2) is 19.1 Å². The zero-order chi connectivity index (χ0) is 13.3. The second kappa shape index (κ2) is 4.95. The Balaban J connectivity index is 2.20. The molecule has 2 aromatic heterocycles. The lowest BCUT2D eigenvalue weighted by molar-refractivity contribution is 0.193. The first-order valence-electron chi connectivity index (χ1n) is 5.86. The molecule has 0 aliphatic rings. The summed E-state index contributed by atoms with van der Waals surface area (Å²) < 4.78 is 7.96. The Morgan fingerprint density at radius 2 is 2.06 bits per heavy atom. The first-order valence-corrected chi connectivity index (χ1v) is 9.64. The van der Waals surface area contributed by atoms with Crippen LogP contribution in [-0.2, 0) is 11.0 Å². The predicted octanol–water partition coefficient (Wildman–Crippen LogP) is 2.72. The molecular formula is C11H17ClN4OSi. The molecule has 0 unspecified atom stereocenters. The largest absolute Gasteiger partial charge is 0.413 e. The average molecular weight is 285 g/mol. The van der Waals surface area contributed by atoms with Crippen LogP contribution >= 0.6 is 11.6 Å². The topological polar surface area (TPSA) is 52.8 Å². The van der Waals surface area contributed by atoms with E-state index in [1.54, 1.807) is 6.33 Å². The molecule has 0 spiro atoms. The Morgan fingerprint density at radius 3 is 2.72 bits per heavy atom. The van der Waals surface area contributed by atoms with Crippen LogP contribution in [0.25, 0.3) is 11.2 Å². The van der Waals surface area contributed by atoms with Gasteiger partial charge in [-0.05, 0) is 26.6 Å². The quantitative estimate of drug-likeness (QED) is 0.640. The van der Waals surface area contributed by atoms with E-state index in [9.17, 15) is 0 Å². The minimum absolute atomic E-state index is 0.128. The van der Waals surface area contributed by atoms with Crippen LogP contribution in [0.5, 0.6) is 0 Å². The molecule has 7 heteroatoms. The van der Waals surface area contributed by atoms with E-state index < -0.39 is 8.32 Å². The molecule has 0 aromatic carbocycles. The number of imidazole rings is 1. The van der Waals surface area contributed by atoms with Gasteiger partial charge in [0.25, 0.3) is 0 Å². The van der Waals surface area contributed by atoms with Gasteiger partial charge in [0.05, 0.1) is 19.0 Å². The summed E-state index contributed by atoms with van der Waals surface area (Å²) >= 11 is 5.96. The van der Waals surface area contributed by atoms with Gasteiger partial charge in [-0.25, -0.2) is 15.0 Å². The summed E-state index contributed by atoms with van der Waals surface area (Å²) in [6.07, 6.45) is 3.31. The van der Waals surface area contributed by atoms with Crippen LogP contribution in [0.15, 0.2) is 12.7 Å². The monoisotopic (exact) mass is 284 g/mol. The standard InChI is InChI=1S/C11H17ClN4OSi/c1-8(17-18(2,3)4)5-16-7-15-9-10(12)13-6-14-11(9)16/h6-8H,5H2,1-4H3/t8-/m0/s1. The van der Waals surface area contributed by atoms with Gasteiger partial charge in [-0.2, -0.15) is 0 Å². The van der Waals surface area contributed by atoms with Gasteiger partial charge in [0.2, 0.25) is 0 Å². The summed E-state index contributed by atoms with van der Waals surface area (Å²) in [5, 5.41) is 0.387. The van der Waals surface area contributed by atoms with Gasteiger partial charge < -0.3 is 8.99 Å². The van der Waals surface area contributed by atoms with Gasteiger partial charge in [-0.3, -0.25) is 0 Å². The number of hydrogen-bond donors (Lipinski definition) is 0. The molecule has 0 saturated heterocycles. The summed E-state index contributed by atoms with van der Waals surface area (Å²) in [5.41, 5.74) is 1.39. The number of rotatable bonds is 4. The van der Waals surface area contributed by atoms with Crippen molar-refractivity contribution in [2.75, 3.05) is 0 Å². The second-order valence-electron chi connectivity index (χ2n) is 5.27. The van der Waals surface area contributed by atoms with E-state index in [4.69, 9.17) is 16.0 Å². The zero-order valence-electron chi connectivity index (χ0n) is 11.0. The van der Waals surface area contributed by atoms with E-state index in [2.05, 4.69) is 41.5 Å². The SMILES string of the molecule is C[C@@H](Cn1cnc2c(Cl)ncnc21)O[Si](C)(C)C. The molecule has 98 valence electrons. The van der Waals surface area contributed by atoms with Crippen LogP contribution < -0.4 is 0 Å². The molecule has 0 aliphatic heterocycles. The fraction of sp³-hybridized carbons (Fsp3) is 0.545. The number of nitrogens with zero attached hydrogens (tertiary/aromatic N) is 4. The highest BCUT2D eigenvalue weighted by molar-refractivity contribution is 6.69. The summed E-state index contributed by atoms with van der Waals surface area (Å²) in [6.45, 7) is 9.30. The van der Waals surface area contributed by atoms with Crippen molar-refractivity contribution in [2.45, 2.75) is 39.2 Å². The Hall–Kier alpha value is -0.983. The van der Waals surface area contributed by atoms with Crippen molar-refractivity contribution in [3.8, 4) is 0 Å². The second-order valence-corrected chi connectivity index (χ2v) is 10.1. The number of fused-ring (bicyclic) bond motifs is 1. The molecule has 2 heterocycles. The van der Waals surface area contributed by atoms with E-state index >= 15 is 0 Å². The van der Waals surface area contributed by atoms with Crippen molar-refractivity contribution in [3.05, 3.63) is 17.8 Å². The normalized spacial score (nSPS) is 14.1. The average Bonchev–Trinajstić information content (AvgIpc) is 2.60. The number of hydrogen-bond acceptors (Lipinski definition) is 4. The lowest BCUT2D eigenvalue weighted by atomic mass is 10.4. The molecule has 0 bridgehead atoms. The van der Waals surface area contributed by atoms with Crippen molar-refractivity contribution < 1.29 is 4.43 Å². The van der Waals surface area contributed by atoms with Crippen LogP contribution in [0.1, 0.15) is 6.92 Å². The van der Waals surface area contributed by atoms with Crippen LogP contribution in [0.2, 0.25) is 24.8 Å². The van der Waals surface area contributed by atoms with Crippen LogP contribution in [0.3, 0.4) is 0 Å². The van der Waals surface area contributed by atoms with Gasteiger partial charge in [-0.1, -0.05) is 11.6 Å². The highest BCUT2D eigenvalue weighted by atomic mass is 35.5. The fourth-order valence-corrected chi connectivity index (χ4v) is 3.36. The minimum Gasteiger partial charge on any atom is -0.413 e. The van der Waals surface area contributed by atoms with Crippen molar-refractivity contribution in [1.29, 1.82) is 0 Å². The van der Waals surface area contributed by atoms with Crippen molar-refractivity contribution >= 4 is 31.1 Å². The molecule has 2 aromatic rings. The third-order valence-corrected chi connectivity index (χ3v) is 3.75. The summed E-state index contributed by atoms with van der Waals surface area (Å²) in [6, 6.07) is 0. The summed E-state index contributed by atoms with van der Waals surface area (Å²) in [4.78, 5) is 12.4. The predicted molar refractivity (Wildman–Crippen MR) is 74.2 cm³/mol. The highest BCUT2D eigenvalue weighted by Gasteiger charge is 2.19. The zero-order valence-corrected chi connectivity index (χ0v) is 12.8. The van der Waals surface area contributed by atoms with Crippen LogP contribution in [0.4, 0.5) is 0 Å². The summed E-state index contributed by atoms with van der Waals surface area (Å²) in [5.74, 6) is 0. The third-order valence-electron chi connectivity index (χ3n) is 2.37. The van der Waals surface area contributed by atoms with Crippen molar-refractivity contribution in [3.63, 3.8) is 0 Å². The maximum absolute atomic E-state index is 6.00. The van der Waals surface area contributed by atoms with Crippen LogP contribution in [-0.4, -0.2) is 33.9 Å². The first kappa shape index (κ1) is 13.4. The Bertz CT molecular complexity index is 551. The number of aromatic nitrogens is 4. The molecule has 0 radical (unpaired) electrons. The molecule has 0 amide bonds. The molecule has 0 N–H and O–H groups in total.